The van der Waals surface area contributed by atoms with Gasteiger partial charge in [0.15, 0.2) is 6.61 Å². The largest absolute Gasteiger partial charge is 0.492 e. The molecule has 1 atom stereocenters. The van der Waals surface area contributed by atoms with Crippen molar-refractivity contribution in [3.05, 3.63) is 48.2 Å². The molecule has 0 saturated carbocycles. The highest BCUT2D eigenvalue weighted by Gasteiger charge is 2.07. The molecule has 8 nitrogen and oxygen atoms in total. The van der Waals surface area contributed by atoms with Crippen molar-refractivity contribution in [1.29, 1.82) is 0 Å². The first-order valence-corrected chi connectivity index (χ1v) is 7.72. The summed E-state index contributed by atoms with van der Waals surface area (Å²) in [5.74, 6) is 0.501. The average Bonchev–Trinajstić information content (AvgIpc) is 2.61. The number of carboxylic acids is 1. The minimum Gasteiger partial charge on any atom is -0.492 e. The second kappa shape index (κ2) is 9.45. The van der Waals surface area contributed by atoms with Crippen LogP contribution in [0.2, 0.25) is 0 Å². The van der Waals surface area contributed by atoms with E-state index in [9.17, 15) is 9.90 Å². The number of nitrogens with zero attached hydrogens (tertiary/aromatic N) is 1. The molecule has 2 rings (SSSR count). The van der Waals surface area contributed by atoms with E-state index in [0.29, 0.717) is 42.6 Å². The summed E-state index contributed by atoms with van der Waals surface area (Å²) in [4.78, 5) is 14.3. The molecule has 2 aromatic rings. The number of aliphatic hydroxyl groups excluding tert-OH is 1. The van der Waals surface area contributed by atoms with Crippen molar-refractivity contribution < 1.29 is 24.5 Å². The molecule has 0 saturated heterocycles. The molecule has 0 aliphatic heterocycles. The summed E-state index contributed by atoms with van der Waals surface area (Å²) in [5, 5.41) is 21.6. The van der Waals surface area contributed by atoms with Crippen LogP contribution in [0.1, 0.15) is 11.7 Å². The molecule has 5 N–H and O–H groups in total. The number of nitrogen functional groups attached to an aromatic ring is 1. The van der Waals surface area contributed by atoms with Gasteiger partial charge in [0.25, 0.3) is 0 Å². The maximum atomic E-state index is 10.4. The lowest BCUT2D eigenvalue weighted by molar-refractivity contribution is -0.139. The number of nitrogens with one attached hydrogen (secondary N) is 1. The Morgan fingerprint density at radius 3 is 2.44 bits per heavy atom. The Labute approximate surface area is 145 Å². The standard InChI is InChI=1S/C17H21N3O5/c18-16-6-1-12(9-20-16)15(21)10-19-7-8-24-13-2-4-14(5-3-13)25-11-17(22)23/h1-6,9,15,19,21H,7-8,10-11H2,(H2,18,20)(H,22,23)/t15-/m1/s1. The van der Waals surface area contributed by atoms with Gasteiger partial charge in [-0.2, -0.15) is 0 Å². The van der Waals surface area contributed by atoms with Crippen LogP contribution in [0.5, 0.6) is 11.5 Å². The van der Waals surface area contributed by atoms with Gasteiger partial charge in [-0.1, -0.05) is 6.07 Å². The Morgan fingerprint density at radius 1 is 1.16 bits per heavy atom. The Hall–Kier alpha value is -2.84. The zero-order valence-corrected chi connectivity index (χ0v) is 13.6. The lowest BCUT2D eigenvalue weighted by Crippen LogP contribution is -2.26. The third-order valence-electron chi connectivity index (χ3n) is 3.27. The topological polar surface area (TPSA) is 127 Å². The van der Waals surface area contributed by atoms with E-state index in [-0.39, 0.29) is 6.61 Å². The van der Waals surface area contributed by atoms with Gasteiger partial charge in [-0.25, -0.2) is 9.78 Å². The number of rotatable bonds is 10. The summed E-state index contributed by atoms with van der Waals surface area (Å²) in [6.07, 6.45) is 0.880. The van der Waals surface area contributed by atoms with E-state index in [1.54, 1.807) is 42.6 Å². The number of anilines is 1. The monoisotopic (exact) mass is 347 g/mol. The molecule has 0 fully saturated rings. The van der Waals surface area contributed by atoms with E-state index in [1.807, 2.05) is 0 Å². The fraction of sp³-hybridized carbons (Fsp3) is 0.294. The van der Waals surface area contributed by atoms with Gasteiger partial charge in [0.1, 0.15) is 23.9 Å². The molecule has 25 heavy (non-hydrogen) atoms. The van der Waals surface area contributed by atoms with Crippen molar-refractivity contribution in [2.45, 2.75) is 6.10 Å². The van der Waals surface area contributed by atoms with Crippen LogP contribution in [-0.2, 0) is 4.79 Å². The van der Waals surface area contributed by atoms with Crippen molar-refractivity contribution in [2.75, 3.05) is 32.0 Å². The molecule has 8 heteroatoms. The summed E-state index contributed by atoms with van der Waals surface area (Å²) in [6.45, 7) is 0.964. The first-order chi connectivity index (χ1) is 12.0. The van der Waals surface area contributed by atoms with Crippen LogP contribution in [0.3, 0.4) is 0 Å². The van der Waals surface area contributed by atoms with Crippen molar-refractivity contribution in [1.82, 2.24) is 10.3 Å². The highest BCUT2D eigenvalue weighted by atomic mass is 16.5. The molecule has 0 radical (unpaired) electrons. The number of benzene rings is 1. The van der Waals surface area contributed by atoms with Crippen LogP contribution >= 0.6 is 0 Å². The van der Waals surface area contributed by atoms with Crippen LogP contribution in [0, 0.1) is 0 Å². The quantitative estimate of drug-likeness (QED) is 0.466. The number of aliphatic carboxylic acids is 1. The number of hydrogen-bond acceptors (Lipinski definition) is 7. The molecule has 0 aliphatic rings. The van der Waals surface area contributed by atoms with E-state index in [2.05, 4.69) is 10.3 Å². The maximum absolute atomic E-state index is 10.4. The highest BCUT2D eigenvalue weighted by Crippen LogP contribution is 2.17. The maximum Gasteiger partial charge on any atom is 0.341 e. The van der Waals surface area contributed by atoms with Crippen molar-refractivity contribution in [3.8, 4) is 11.5 Å². The molecule has 0 aliphatic carbocycles. The molecule has 0 amide bonds. The fourth-order valence-corrected chi connectivity index (χ4v) is 1.99. The van der Waals surface area contributed by atoms with E-state index in [1.165, 1.54) is 0 Å². The number of carbonyl (C=O) groups is 1. The van der Waals surface area contributed by atoms with Crippen LogP contribution in [-0.4, -0.2) is 47.5 Å². The molecule has 134 valence electrons. The molecule has 1 aromatic carbocycles. The number of nitrogens with two attached hydrogens (primary N) is 1. The Kier molecular flexibility index (Phi) is 7.00. The van der Waals surface area contributed by atoms with Gasteiger partial charge in [-0.3, -0.25) is 0 Å². The molecule has 0 bridgehead atoms. The number of ether oxygens (including phenoxy) is 2. The molecular weight excluding hydrogens is 326 g/mol. The summed E-state index contributed by atoms with van der Waals surface area (Å²) < 4.78 is 10.6. The summed E-state index contributed by atoms with van der Waals surface area (Å²) in [7, 11) is 0. The fourth-order valence-electron chi connectivity index (χ4n) is 1.99. The zero-order chi connectivity index (χ0) is 18.1. The van der Waals surface area contributed by atoms with Gasteiger partial charge in [-0.15, -0.1) is 0 Å². The number of hydrogen-bond donors (Lipinski definition) is 4. The molecule has 1 aromatic heterocycles. The van der Waals surface area contributed by atoms with Gasteiger partial charge in [-0.05, 0) is 30.3 Å². The zero-order valence-electron chi connectivity index (χ0n) is 13.6. The molecule has 0 spiro atoms. The number of carboxylic acid groups (broad SMARTS) is 1. The summed E-state index contributed by atoms with van der Waals surface area (Å²) >= 11 is 0. The van der Waals surface area contributed by atoms with Crippen LogP contribution in [0.15, 0.2) is 42.6 Å². The van der Waals surface area contributed by atoms with Crippen LogP contribution in [0.4, 0.5) is 5.82 Å². The first kappa shape index (κ1) is 18.5. The van der Waals surface area contributed by atoms with Gasteiger partial charge >= 0.3 is 5.97 Å². The van der Waals surface area contributed by atoms with Crippen molar-refractivity contribution >= 4 is 11.8 Å². The number of aliphatic hydroxyl groups is 1. The van der Waals surface area contributed by atoms with Crippen molar-refractivity contribution in [3.63, 3.8) is 0 Å². The van der Waals surface area contributed by atoms with Gasteiger partial charge in [0.2, 0.25) is 0 Å². The first-order valence-electron chi connectivity index (χ1n) is 7.72. The predicted molar refractivity (Wildman–Crippen MR) is 91.5 cm³/mol. The van der Waals surface area contributed by atoms with E-state index in [0.717, 1.165) is 0 Å². The average molecular weight is 347 g/mol. The predicted octanol–water partition coefficient (Wildman–Crippen LogP) is 0.829. The molecule has 1 heterocycles. The van der Waals surface area contributed by atoms with Gasteiger partial charge < -0.3 is 30.7 Å². The highest BCUT2D eigenvalue weighted by molar-refractivity contribution is 5.68. The van der Waals surface area contributed by atoms with E-state index >= 15 is 0 Å². The van der Waals surface area contributed by atoms with Gasteiger partial charge in [0.05, 0.1) is 6.10 Å². The lowest BCUT2D eigenvalue weighted by atomic mass is 10.1. The van der Waals surface area contributed by atoms with Crippen LogP contribution in [0.25, 0.3) is 0 Å². The van der Waals surface area contributed by atoms with Gasteiger partial charge in [0, 0.05) is 24.8 Å². The molecular formula is C17H21N3O5. The Balaban J connectivity index is 1.64. The van der Waals surface area contributed by atoms with Crippen LogP contribution < -0.4 is 20.5 Å². The third-order valence-corrected chi connectivity index (χ3v) is 3.27. The second-order valence-corrected chi connectivity index (χ2v) is 5.24. The number of pyridine rings is 1. The third kappa shape index (κ3) is 6.66. The molecule has 0 unspecified atom stereocenters. The second-order valence-electron chi connectivity index (χ2n) is 5.24. The van der Waals surface area contributed by atoms with E-state index in [4.69, 9.17) is 20.3 Å². The summed E-state index contributed by atoms with van der Waals surface area (Å²) in [6, 6.07) is 10.1. The smallest absolute Gasteiger partial charge is 0.341 e. The lowest BCUT2D eigenvalue weighted by Gasteiger charge is -2.12. The number of aromatic nitrogens is 1. The SMILES string of the molecule is Nc1ccc([C@H](O)CNCCOc2ccc(OCC(=O)O)cc2)cn1. The van der Waals surface area contributed by atoms with E-state index < -0.39 is 12.1 Å². The normalized spacial score (nSPS) is 11.7. The Bertz CT molecular complexity index is 661. The Morgan fingerprint density at radius 2 is 1.84 bits per heavy atom. The minimum absolute atomic E-state index is 0.372. The minimum atomic E-state index is -1.02. The summed E-state index contributed by atoms with van der Waals surface area (Å²) in [5.41, 5.74) is 6.20. The van der Waals surface area contributed by atoms with Crippen molar-refractivity contribution in [2.24, 2.45) is 0 Å².